The van der Waals surface area contributed by atoms with E-state index in [0.717, 1.165) is 11.8 Å². The minimum absolute atomic E-state index is 0.542. The summed E-state index contributed by atoms with van der Waals surface area (Å²) in [5.74, 6) is 4.49. The first kappa shape index (κ1) is 13.7. The second-order valence-electron chi connectivity index (χ2n) is 7.12. The van der Waals surface area contributed by atoms with Crippen LogP contribution in [0.3, 0.4) is 0 Å². The molecular weight excluding hydrogens is 226 g/mol. The van der Waals surface area contributed by atoms with Gasteiger partial charge in [0.25, 0.3) is 0 Å². The van der Waals surface area contributed by atoms with Gasteiger partial charge in [0, 0.05) is 0 Å². The molecule has 2 aliphatic heterocycles. The van der Waals surface area contributed by atoms with Gasteiger partial charge in [-0.3, -0.25) is 0 Å². The van der Waals surface area contributed by atoms with Gasteiger partial charge in [0.15, 0.2) is 0 Å². The molecule has 2 fully saturated rings. The van der Waals surface area contributed by atoms with Crippen LogP contribution in [0, 0.1) is 22.7 Å². The van der Waals surface area contributed by atoms with Gasteiger partial charge in [-0.25, -0.2) is 0 Å². The van der Waals surface area contributed by atoms with Gasteiger partial charge in [0.1, 0.15) is 0 Å². The molecule has 0 bridgehead atoms. The van der Waals surface area contributed by atoms with E-state index in [1.807, 2.05) is 0 Å². The van der Waals surface area contributed by atoms with Crippen molar-refractivity contribution in [3.63, 3.8) is 0 Å². The van der Waals surface area contributed by atoms with Gasteiger partial charge in [0.2, 0.25) is 0 Å². The Labute approximate surface area is 112 Å². The Morgan fingerprint density at radius 2 is 2.06 bits per heavy atom. The van der Waals surface area contributed by atoms with Crippen molar-refractivity contribution >= 4 is 11.8 Å². The van der Waals surface area contributed by atoms with Crippen molar-refractivity contribution in [2.24, 2.45) is 22.7 Å². The topological polar surface area (TPSA) is 12.0 Å². The van der Waals surface area contributed by atoms with Crippen LogP contribution in [-0.2, 0) is 0 Å². The Kier molecular flexibility index (Phi) is 4.14. The summed E-state index contributed by atoms with van der Waals surface area (Å²) >= 11 is 2.21. The molecule has 2 rings (SSSR count). The van der Waals surface area contributed by atoms with Crippen molar-refractivity contribution in [2.45, 2.75) is 47.0 Å². The lowest BCUT2D eigenvalue weighted by Gasteiger charge is -2.57. The molecule has 0 aromatic rings. The third-order valence-electron chi connectivity index (χ3n) is 5.25. The molecule has 0 aromatic heterocycles. The molecular formula is C15H29NS. The molecule has 2 unspecified atom stereocenters. The Hall–Kier alpha value is 0.310. The molecule has 1 N–H and O–H groups in total. The first-order chi connectivity index (χ1) is 7.98. The molecule has 1 spiro atoms. The maximum absolute atomic E-state index is 3.64. The predicted molar refractivity (Wildman–Crippen MR) is 78.6 cm³/mol. The van der Waals surface area contributed by atoms with Crippen LogP contribution < -0.4 is 5.32 Å². The minimum Gasteiger partial charge on any atom is -0.316 e. The first-order valence-corrected chi connectivity index (χ1v) is 8.42. The van der Waals surface area contributed by atoms with Crippen LogP contribution >= 0.6 is 11.8 Å². The lowest BCUT2D eigenvalue weighted by Crippen LogP contribution is -2.56. The molecule has 2 atom stereocenters. The van der Waals surface area contributed by atoms with Crippen molar-refractivity contribution in [3.8, 4) is 0 Å². The zero-order valence-corrected chi connectivity index (χ0v) is 12.8. The summed E-state index contributed by atoms with van der Waals surface area (Å²) < 4.78 is 0. The molecule has 0 aromatic carbocycles. The zero-order valence-electron chi connectivity index (χ0n) is 12.0. The Morgan fingerprint density at radius 1 is 1.29 bits per heavy atom. The molecule has 1 nitrogen and oxygen atoms in total. The Balaban J connectivity index is 2.22. The Bertz CT molecular complexity index is 256. The van der Waals surface area contributed by atoms with Gasteiger partial charge in [-0.15, -0.1) is 0 Å². The number of thioether (sulfide) groups is 1. The third kappa shape index (κ3) is 2.53. The first-order valence-electron chi connectivity index (χ1n) is 7.26. The van der Waals surface area contributed by atoms with Crippen LogP contribution in [0.2, 0.25) is 0 Å². The fraction of sp³-hybridized carbons (Fsp3) is 1.00. The summed E-state index contributed by atoms with van der Waals surface area (Å²) in [7, 11) is 0. The smallest absolute Gasteiger partial charge is 0.000207 e. The molecule has 100 valence electrons. The predicted octanol–water partition coefficient (Wildman–Crippen LogP) is 3.79. The normalized spacial score (nSPS) is 37.6. The van der Waals surface area contributed by atoms with E-state index in [2.05, 4.69) is 44.8 Å². The van der Waals surface area contributed by atoms with Crippen LogP contribution in [0.25, 0.3) is 0 Å². The average molecular weight is 255 g/mol. The molecule has 0 amide bonds. The van der Waals surface area contributed by atoms with E-state index in [9.17, 15) is 0 Å². The summed E-state index contributed by atoms with van der Waals surface area (Å²) in [4.78, 5) is 0. The highest BCUT2D eigenvalue weighted by atomic mass is 32.2. The standard InChI is InChI=1S/C15H29NS/c1-12(2)9-13-10-16-7-5-15(13)11-17-8-6-14(15,3)4/h12-13,16H,5-11H2,1-4H3. The molecule has 0 aliphatic carbocycles. The SMILES string of the molecule is CC(C)CC1CNCCC12CSCCC2(C)C. The van der Waals surface area contributed by atoms with E-state index in [4.69, 9.17) is 0 Å². The fourth-order valence-corrected chi connectivity index (χ4v) is 5.91. The van der Waals surface area contributed by atoms with Crippen molar-refractivity contribution < 1.29 is 0 Å². The largest absolute Gasteiger partial charge is 0.316 e. The number of hydrogen-bond donors (Lipinski definition) is 1. The number of piperidine rings is 1. The molecule has 2 heteroatoms. The maximum Gasteiger partial charge on any atom is -0.000207 e. The summed E-state index contributed by atoms with van der Waals surface area (Å²) in [5.41, 5.74) is 1.14. The highest BCUT2D eigenvalue weighted by Gasteiger charge is 2.52. The lowest BCUT2D eigenvalue weighted by atomic mass is 9.54. The molecule has 2 heterocycles. The Morgan fingerprint density at radius 3 is 2.71 bits per heavy atom. The fourth-order valence-electron chi connectivity index (χ4n) is 3.97. The van der Waals surface area contributed by atoms with Crippen LogP contribution in [0.15, 0.2) is 0 Å². The summed E-state index contributed by atoms with van der Waals surface area (Å²) in [6, 6.07) is 0. The van der Waals surface area contributed by atoms with E-state index in [1.165, 1.54) is 43.9 Å². The van der Waals surface area contributed by atoms with Crippen molar-refractivity contribution in [1.82, 2.24) is 5.32 Å². The highest BCUT2D eigenvalue weighted by Crippen LogP contribution is 2.57. The van der Waals surface area contributed by atoms with Gasteiger partial charge < -0.3 is 5.32 Å². The highest BCUT2D eigenvalue weighted by molar-refractivity contribution is 7.99. The van der Waals surface area contributed by atoms with Crippen LogP contribution in [0.1, 0.15) is 47.0 Å². The summed E-state index contributed by atoms with van der Waals surface area (Å²) in [5, 5.41) is 3.64. The number of nitrogens with one attached hydrogen (secondary N) is 1. The monoisotopic (exact) mass is 255 g/mol. The van der Waals surface area contributed by atoms with Crippen molar-refractivity contribution in [1.29, 1.82) is 0 Å². The molecule has 17 heavy (non-hydrogen) atoms. The van der Waals surface area contributed by atoms with Gasteiger partial charge in [0.05, 0.1) is 0 Å². The zero-order chi connectivity index (χ0) is 12.5. The maximum atomic E-state index is 3.64. The number of rotatable bonds is 2. The summed E-state index contributed by atoms with van der Waals surface area (Å²) in [6.07, 6.45) is 4.20. The molecule has 2 saturated heterocycles. The quantitative estimate of drug-likeness (QED) is 0.805. The van der Waals surface area contributed by atoms with E-state index in [1.54, 1.807) is 0 Å². The molecule has 0 radical (unpaired) electrons. The summed E-state index contributed by atoms with van der Waals surface area (Å²) in [6.45, 7) is 12.3. The third-order valence-corrected chi connectivity index (χ3v) is 6.47. The van der Waals surface area contributed by atoms with E-state index in [0.29, 0.717) is 10.8 Å². The van der Waals surface area contributed by atoms with Crippen molar-refractivity contribution in [3.05, 3.63) is 0 Å². The minimum atomic E-state index is 0.542. The molecule has 0 saturated carbocycles. The molecule has 2 aliphatic rings. The van der Waals surface area contributed by atoms with Gasteiger partial charge >= 0.3 is 0 Å². The average Bonchev–Trinajstić information content (AvgIpc) is 2.24. The van der Waals surface area contributed by atoms with Crippen LogP contribution in [-0.4, -0.2) is 24.6 Å². The van der Waals surface area contributed by atoms with Gasteiger partial charge in [-0.1, -0.05) is 27.7 Å². The van der Waals surface area contributed by atoms with Crippen LogP contribution in [0.4, 0.5) is 0 Å². The van der Waals surface area contributed by atoms with E-state index in [-0.39, 0.29) is 0 Å². The van der Waals surface area contributed by atoms with Gasteiger partial charge in [-0.2, -0.15) is 11.8 Å². The van der Waals surface area contributed by atoms with Crippen LogP contribution in [0.5, 0.6) is 0 Å². The van der Waals surface area contributed by atoms with Gasteiger partial charge in [-0.05, 0) is 66.5 Å². The second kappa shape index (κ2) is 5.13. The van der Waals surface area contributed by atoms with E-state index < -0.39 is 0 Å². The van der Waals surface area contributed by atoms with Crippen molar-refractivity contribution in [2.75, 3.05) is 24.6 Å². The van der Waals surface area contributed by atoms with E-state index >= 15 is 0 Å². The number of hydrogen-bond acceptors (Lipinski definition) is 2. The lowest BCUT2D eigenvalue weighted by molar-refractivity contribution is -0.0174. The second-order valence-corrected chi connectivity index (χ2v) is 8.23.